The first-order valence-corrected chi connectivity index (χ1v) is 5.63. The van der Waals surface area contributed by atoms with E-state index in [2.05, 4.69) is 32.7 Å². The first-order chi connectivity index (χ1) is 7.00. The van der Waals surface area contributed by atoms with Gasteiger partial charge >= 0.3 is 0 Å². The number of aromatic nitrogens is 1. The van der Waals surface area contributed by atoms with Gasteiger partial charge in [0.05, 0.1) is 0 Å². The van der Waals surface area contributed by atoms with Gasteiger partial charge < -0.3 is 0 Å². The van der Waals surface area contributed by atoms with Crippen LogP contribution in [-0.2, 0) is 12.8 Å². The van der Waals surface area contributed by atoms with Crippen molar-refractivity contribution in [3.8, 4) is 0 Å². The highest BCUT2D eigenvalue weighted by molar-refractivity contribution is 5.25. The van der Waals surface area contributed by atoms with Crippen molar-refractivity contribution in [1.82, 2.24) is 4.98 Å². The molecule has 15 heavy (non-hydrogen) atoms. The fourth-order valence-corrected chi connectivity index (χ4v) is 1.76. The molecule has 1 aromatic heterocycles. The summed E-state index contributed by atoms with van der Waals surface area (Å²) < 4.78 is 13.5. The lowest BCUT2D eigenvalue weighted by atomic mass is 9.94. The molecule has 0 aliphatic rings. The third-order valence-corrected chi connectivity index (χ3v) is 2.34. The molecular weight excluding hydrogens is 189 g/mol. The van der Waals surface area contributed by atoms with Gasteiger partial charge in [-0.25, -0.2) is 4.98 Å². The second-order valence-corrected chi connectivity index (χ2v) is 4.94. The van der Waals surface area contributed by atoms with Crippen molar-refractivity contribution in [3.05, 3.63) is 29.3 Å². The largest absolute Gasteiger partial charge is 0.228 e. The number of halogens is 1. The number of hydrogen-bond acceptors (Lipinski definition) is 1. The minimum absolute atomic E-state index is 0.290. The van der Waals surface area contributed by atoms with Crippen molar-refractivity contribution in [2.75, 3.05) is 0 Å². The second kappa shape index (κ2) is 5.24. The minimum atomic E-state index is -0.290. The molecule has 2 heteroatoms. The van der Waals surface area contributed by atoms with E-state index in [1.54, 1.807) is 6.20 Å². The maximum atomic E-state index is 13.5. The Kier molecular flexibility index (Phi) is 4.25. The zero-order valence-corrected chi connectivity index (χ0v) is 10.0. The van der Waals surface area contributed by atoms with Gasteiger partial charge in [0.1, 0.15) is 0 Å². The van der Waals surface area contributed by atoms with Crippen LogP contribution in [0.3, 0.4) is 0 Å². The summed E-state index contributed by atoms with van der Waals surface area (Å²) in [5, 5.41) is 0. The van der Waals surface area contributed by atoms with Gasteiger partial charge in [0.2, 0.25) is 5.95 Å². The lowest BCUT2D eigenvalue weighted by molar-refractivity contribution is 0.531. The number of rotatable bonds is 4. The maximum Gasteiger partial charge on any atom is 0.216 e. The SMILES string of the molecule is CC(C)Cc1ccnc(F)c1CC(C)C. The second-order valence-electron chi connectivity index (χ2n) is 4.94. The van der Waals surface area contributed by atoms with Crippen molar-refractivity contribution in [2.24, 2.45) is 11.8 Å². The van der Waals surface area contributed by atoms with Crippen molar-refractivity contribution >= 4 is 0 Å². The van der Waals surface area contributed by atoms with Gasteiger partial charge in [-0.15, -0.1) is 0 Å². The van der Waals surface area contributed by atoms with Gasteiger partial charge in [0, 0.05) is 11.8 Å². The molecule has 1 rings (SSSR count). The van der Waals surface area contributed by atoms with Crippen LogP contribution >= 0.6 is 0 Å². The van der Waals surface area contributed by atoms with E-state index in [0.29, 0.717) is 11.8 Å². The molecule has 0 fully saturated rings. The molecule has 0 saturated heterocycles. The molecule has 0 unspecified atom stereocenters. The number of hydrogen-bond donors (Lipinski definition) is 0. The van der Waals surface area contributed by atoms with Crippen LogP contribution in [0.15, 0.2) is 12.3 Å². The normalized spacial score (nSPS) is 11.4. The van der Waals surface area contributed by atoms with Gasteiger partial charge in [-0.05, 0) is 36.3 Å². The van der Waals surface area contributed by atoms with E-state index in [-0.39, 0.29) is 5.95 Å². The van der Waals surface area contributed by atoms with Crippen molar-refractivity contribution < 1.29 is 4.39 Å². The highest BCUT2D eigenvalue weighted by atomic mass is 19.1. The molecule has 1 heterocycles. The molecule has 0 saturated carbocycles. The zero-order chi connectivity index (χ0) is 11.4. The van der Waals surface area contributed by atoms with Gasteiger partial charge in [-0.1, -0.05) is 27.7 Å². The maximum absolute atomic E-state index is 13.5. The average Bonchev–Trinajstić information content (AvgIpc) is 2.09. The molecule has 0 aliphatic carbocycles. The van der Waals surface area contributed by atoms with E-state index in [4.69, 9.17) is 0 Å². The summed E-state index contributed by atoms with van der Waals surface area (Å²) in [6, 6.07) is 1.95. The summed E-state index contributed by atoms with van der Waals surface area (Å²) in [5.74, 6) is 0.731. The van der Waals surface area contributed by atoms with Crippen molar-refractivity contribution in [3.63, 3.8) is 0 Å². The predicted molar refractivity (Wildman–Crippen MR) is 61.3 cm³/mol. The smallest absolute Gasteiger partial charge is 0.216 e. The van der Waals surface area contributed by atoms with Crippen LogP contribution in [0.5, 0.6) is 0 Å². The summed E-state index contributed by atoms with van der Waals surface area (Å²) in [6.45, 7) is 8.51. The molecular formula is C13H20FN. The molecule has 1 aromatic rings. The molecule has 0 atom stereocenters. The average molecular weight is 209 g/mol. The Morgan fingerprint density at radius 2 is 1.73 bits per heavy atom. The Hall–Kier alpha value is -0.920. The zero-order valence-electron chi connectivity index (χ0n) is 10.0. The fourth-order valence-electron chi connectivity index (χ4n) is 1.76. The standard InChI is InChI=1S/C13H20FN/c1-9(2)7-11-5-6-15-13(14)12(11)8-10(3)4/h5-6,9-10H,7-8H2,1-4H3. The van der Waals surface area contributed by atoms with Gasteiger partial charge in [0.25, 0.3) is 0 Å². The third kappa shape index (κ3) is 3.61. The Balaban J connectivity index is 2.97. The number of pyridine rings is 1. The molecule has 0 spiro atoms. The molecule has 0 aliphatic heterocycles. The molecule has 0 amide bonds. The summed E-state index contributed by atoms with van der Waals surface area (Å²) >= 11 is 0. The summed E-state index contributed by atoms with van der Waals surface area (Å²) in [5.41, 5.74) is 1.92. The predicted octanol–water partition coefficient (Wildman–Crippen LogP) is 3.62. The van der Waals surface area contributed by atoms with Crippen molar-refractivity contribution in [2.45, 2.75) is 40.5 Å². The summed E-state index contributed by atoms with van der Waals surface area (Å²) in [7, 11) is 0. The summed E-state index contributed by atoms with van der Waals surface area (Å²) in [4.78, 5) is 3.73. The molecule has 84 valence electrons. The Labute approximate surface area is 91.7 Å². The van der Waals surface area contributed by atoms with Gasteiger partial charge in [0.15, 0.2) is 0 Å². The quantitative estimate of drug-likeness (QED) is 0.690. The molecule has 0 bridgehead atoms. The third-order valence-electron chi connectivity index (χ3n) is 2.34. The van der Waals surface area contributed by atoms with Crippen LogP contribution in [0.4, 0.5) is 4.39 Å². The highest BCUT2D eigenvalue weighted by Gasteiger charge is 2.12. The lowest BCUT2D eigenvalue weighted by Gasteiger charge is -2.13. The van der Waals surface area contributed by atoms with E-state index in [1.807, 2.05) is 6.07 Å². The molecule has 0 N–H and O–H groups in total. The first-order valence-electron chi connectivity index (χ1n) is 5.63. The number of nitrogens with zero attached hydrogens (tertiary/aromatic N) is 1. The lowest BCUT2D eigenvalue weighted by Crippen LogP contribution is -2.07. The Bertz CT molecular complexity index is 318. The summed E-state index contributed by atoms with van der Waals surface area (Å²) in [6.07, 6.45) is 3.28. The van der Waals surface area contributed by atoms with E-state index in [1.165, 1.54) is 0 Å². The van der Waals surface area contributed by atoms with Crippen molar-refractivity contribution in [1.29, 1.82) is 0 Å². The van der Waals surface area contributed by atoms with Crippen LogP contribution < -0.4 is 0 Å². The Morgan fingerprint density at radius 3 is 2.27 bits per heavy atom. The van der Waals surface area contributed by atoms with Crippen LogP contribution in [0, 0.1) is 17.8 Å². The first kappa shape index (κ1) is 12.2. The van der Waals surface area contributed by atoms with Crippen LogP contribution in [0.25, 0.3) is 0 Å². The molecule has 0 aromatic carbocycles. The highest BCUT2D eigenvalue weighted by Crippen LogP contribution is 2.19. The topological polar surface area (TPSA) is 12.9 Å². The van der Waals surface area contributed by atoms with Crippen LogP contribution in [-0.4, -0.2) is 4.98 Å². The van der Waals surface area contributed by atoms with E-state index in [0.717, 1.165) is 24.0 Å². The molecule has 0 radical (unpaired) electrons. The van der Waals surface area contributed by atoms with E-state index >= 15 is 0 Å². The van der Waals surface area contributed by atoms with Crippen LogP contribution in [0.2, 0.25) is 0 Å². The minimum Gasteiger partial charge on any atom is -0.228 e. The monoisotopic (exact) mass is 209 g/mol. The molecule has 1 nitrogen and oxygen atoms in total. The fraction of sp³-hybridized carbons (Fsp3) is 0.615. The van der Waals surface area contributed by atoms with Gasteiger partial charge in [-0.2, -0.15) is 4.39 Å². The van der Waals surface area contributed by atoms with Gasteiger partial charge in [-0.3, -0.25) is 0 Å². The van der Waals surface area contributed by atoms with E-state index < -0.39 is 0 Å². The Morgan fingerprint density at radius 1 is 1.13 bits per heavy atom. The van der Waals surface area contributed by atoms with Crippen LogP contribution in [0.1, 0.15) is 38.8 Å². The van der Waals surface area contributed by atoms with E-state index in [9.17, 15) is 4.39 Å².